The molecule has 0 unspecified atom stereocenters. The molecule has 0 aliphatic rings. The van der Waals surface area contributed by atoms with Crippen molar-refractivity contribution in [1.29, 1.82) is 0 Å². The number of hydrogen-bond donors (Lipinski definition) is 1. The van der Waals surface area contributed by atoms with Gasteiger partial charge in [-0.3, -0.25) is 4.79 Å². The van der Waals surface area contributed by atoms with Crippen LogP contribution < -0.4 is 5.32 Å². The van der Waals surface area contributed by atoms with E-state index in [1.165, 1.54) is 31.2 Å². The van der Waals surface area contributed by atoms with Gasteiger partial charge < -0.3 is 5.32 Å². The number of amides is 1. The van der Waals surface area contributed by atoms with E-state index in [0.29, 0.717) is 0 Å². The minimum absolute atomic E-state index is 0.109. The third-order valence-electron chi connectivity index (χ3n) is 3.77. The van der Waals surface area contributed by atoms with Crippen molar-refractivity contribution in [3.05, 3.63) is 95.6 Å². The predicted octanol–water partition coefficient (Wildman–Crippen LogP) is 5.80. The second-order valence-electron chi connectivity index (χ2n) is 5.81. The van der Waals surface area contributed by atoms with E-state index in [4.69, 9.17) is 0 Å². The largest absolute Gasteiger partial charge is 0.326 e. The van der Waals surface area contributed by atoms with Gasteiger partial charge in [0.25, 0.3) is 0 Å². The number of nitrogens with one attached hydrogen (secondary N) is 1. The van der Waals surface area contributed by atoms with E-state index >= 15 is 0 Å². The predicted molar refractivity (Wildman–Crippen MR) is 101 cm³/mol. The van der Waals surface area contributed by atoms with Crippen LogP contribution in [0.25, 0.3) is 0 Å². The second-order valence-corrected chi connectivity index (χ2v) is 6.99. The van der Waals surface area contributed by atoms with Crippen LogP contribution in [-0.2, 0) is 4.79 Å². The first-order chi connectivity index (χ1) is 12.5. The van der Waals surface area contributed by atoms with Crippen LogP contribution in [0.3, 0.4) is 0 Å². The molecule has 0 saturated carbocycles. The van der Waals surface area contributed by atoms with E-state index in [2.05, 4.69) is 5.32 Å². The summed E-state index contributed by atoms with van der Waals surface area (Å²) >= 11 is 1.58. The molecular weight excluding hydrogens is 352 g/mol. The summed E-state index contributed by atoms with van der Waals surface area (Å²) in [5, 5.41) is 2.62. The zero-order valence-corrected chi connectivity index (χ0v) is 14.9. The Morgan fingerprint density at radius 2 is 1.27 bits per heavy atom. The Morgan fingerprint density at radius 1 is 0.808 bits per heavy atom. The van der Waals surface area contributed by atoms with Crippen molar-refractivity contribution in [2.75, 3.05) is 5.32 Å². The number of anilines is 1. The zero-order valence-electron chi connectivity index (χ0n) is 14.1. The van der Waals surface area contributed by atoms with Gasteiger partial charge in [-0.15, -0.1) is 11.8 Å². The van der Waals surface area contributed by atoms with Gasteiger partial charge in [0, 0.05) is 17.5 Å². The second kappa shape index (κ2) is 8.15. The van der Waals surface area contributed by atoms with Gasteiger partial charge in [0.2, 0.25) is 5.91 Å². The van der Waals surface area contributed by atoms with Gasteiger partial charge >= 0.3 is 0 Å². The van der Waals surface area contributed by atoms with Crippen LogP contribution in [0.4, 0.5) is 14.5 Å². The molecule has 0 saturated heterocycles. The summed E-state index contributed by atoms with van der Waals surface area (Å²) in [6.07, 6.45) is 0. The van der Waals surface area contributed by atoms with E-state index < -0.39 is 0 Å². The first-order valence-corrected chi connectivity index (χ1v) is 8.94. The topological polar surface area (TPSA) is 29.1 Å². The molecule has 0 aliphatic heterocycles. The number of hydrogen-bond acceptors (Lipinski definition) is 2. The van der Waals surface area contributed by atoms with Crippen LogP contribution in [0.5, 0.6) is 0 Å². The Morgan fingerprint density at radius 3 is 1.69 bits per heavy atom. The molecule has 1 amide bonds. The highest BCUT2D eigenvalue weighted by Crippen LogP contribution is 2.40. The number of rotatable bonds is 5. The molecule has 3 aromatic rings. The highest BCUT2D eigenvalue weighted by molar-refractivity contribution is 7.99. The normalized spacial score (nSPS) is 10.8. The summed E-state index contributed by atoms with van der Waals surface area (Å²) in [6, 6.07) is 20.1. The van der Waals surface area contributed by atoms with E-state index in [-0.39, 0.29) is 22.8 Å². The third-order valence-corrected chi connectivity index (χ3v) is 5.10. The summed E-state index contributed by atoms with van der Waals surface area (Å²) in [4.78, 5) is 12.1. The first kappa shape index (κ1) is 18.1. The monoisotopic (exact) mass is 369 g/mol. The van der Waals surface area contributed by atoms with Gasteiger partial charge in [-0.25, -0.2) is 8.78 Å². The Kier molecular flexibility index (Phi) is 5.68. The Balaban J connectivity index is 1.89. The lowest BCUT2D eigenvalue weighted by molar-refractivity contribution is -0.114. The fourth-order valence-corrected chi connectivity index (χ4v) is 3.71. The number of thioether (sulfide) groups is 1. The van der Waals surface area contributed by atoms with E-state index in [1.807, 2.05) is 24.3 Å². The Labute approximate surface area is 155 Å². The molecule has 0 spiro atoms. The van der Waals surface area contributed by atoms with Crippen molar-refractivity contribution in [2.24, 2.45) is 0 Å². The number of carbonyl (C=O) groups is 1. The molecule has 0 fully saturated rings. The van der Waals surface area contributed by atoms with Crippen molar-refractivity contribution >= 4 is 23.4 Å². The molecule has 5 heteroatoms. The molecule has 0 bridgehead atoms. The number of halogens is 2. The molecule has 3 rings (SSSR count). The van der Waals surface area contributed by atoms with Crippen LogP contribution in [0.15, 0.2) is 77.7 Å². The van der Waals surface area contributed by atoms with Crippen LogP contribution in [0.1, 0.15) is 23.3 Å². The molecule has 132 valence electrons. The summed E-state index contributed by atoms with van der Waals surface area (Å²) in [7, 11) is 0. The average Bonchev–Trinajstić information content (AvgIpc) is 2.62. The quantitative estimate of drug-likeness (QED) is 0.576. The molecule has 0 aromatic heterocycles. The van der Waals surface area contributed by atoms with Crippen LogP contribution in [0, 0.1) is 11.6 Å². The number of benzene rings is 3. The van der Waals surface area contributed by atoms with Crippen LogP contribution in [-0.4, -0.2) is 5.91 Å². The molecule has 0 radical (unpaired) electrons. The first-order valence-electron chi connectivity index (χ1n) is 8.06. The van der Waals surface area contributed by atoms with Gasteiger partial charge in [0.15, 0.2) is 0 Å². The maximum absolute atomic E-state index is 13.3. The van der Waals surface area contributed by atoms with Crippen LogP contribution in [0.2, 0.25) is 0 Å². The summed E-state index contributed by atoms with van der Waals surface area (Å²) in [5.74, 6) is -0.714. The van der Waals surface area contributed by atoms with Crippen molar-refractivity contribution in [2.45, 2.75) is 17.1 Å². The highest BCUT2D eigenvalue weighted by Gasteiger charge is 2.16. The van der Waals surface area contributed by atoms with Crippen molar-refractivity contribution in [1.82, 2.24) is 0 Å². The lowest BCUT2D eigenvalue weighted by Crippen LogP contribution is -2.05. The van der Waals surface area contributed by atoms with Gasteiger partial charge in [-0.1, -0.05) is 24.3 Å². The Bertz CT molecular complexity index is 832. The van der Waals surface area contributed by atoms with Gasteiger partial charge in [-0.2, -0.15) is 0 Å². The summed E-state index contributed by atoms with van der Waals surface area (Å²) in [5.41, 5.74) is 2.57. The van der Waals surface area contributed by atoms with Crippen molar-refractivity contribution in [3.8, 4) is 0 Å². The molecule has 1 N–H and O–H groups in total. The molecule has 3 aromatic carbocycles. The molecule has 0 atom stereocenters. The molecule has 2 nitrogen and oxygen atoms in total. The number of carbonyl (C=O) groups excluding carboxylic acids is 1. The lowest BCUT2D eigenvalue weighted by atomic mass is 10.0. The van der Waals surface area contributed by atoms with Gasteiger partial charge in [0.1, 0.15) is 11.6 Å². The molecule has 26 heavy (non-hydrogen) atoms. The third kappa shape index (κ3) is 4.70. The molecular formula is C21H17F2NOS. The van der Waals surface area contributed by atoms with Gasteiger partial charge in [0.05, 0.1) is 5.25 Å². The van der Waals surface area contributed by atoms with Gasteiger partial charge in [-0.05, 0) is 59.7 Å². The molecule has 0 aliphatic carbocycles. The van der Waals surface area contributed by atoms with Crippen molar-refractivity contribution in [3.63, 3.8) is 0 Å². The standard InChI is InChI=1S/C21H17F2NOS/c1-14(25)24-19-10-12-20(13-11-19)26-21(15-2-6-17(22)7-3-15)16-4-8-18(23)9-5-16/h2-13,21H,1H3,(H,24,25). The smallest absolute Gasteiger partial charge is 0.221 e. The van der Waals surface area contributed by atoms with E-state index in [0.717, 1.165) is 21.7 Å². The molecule has 0 heterocycles. The maximum atomic E-state index is 13.3. The summed E-state index contributed by atoms with van der Waals surface area (Å²) < 4.78 is 26.6. The van der Waals surface area contributed by atoms with Crippen LogP contribution >= 0.6 is 11.8 Å². The zero-order chi connectivity index (χ0) is 18.5. The van der Waals surface area contributed by atoms with E-state index in [9.17, 15) is 13.6 Å². The fourth-order valence-electron chi connectivity index (χ4n) is 2.56. The minimum atomic E-state index is -0.295. The SMILES string of the molecule is CC(=O)Nc1ccc(SC(c2ccc(F)cc2)c2ccc(F)cc2)cc1. The fraction of sp³-hybridized carbons (Fsp3) is 0.0952. The minimum Gasteiger partial charge on any atom is -0.326 e. The van der Waals surface area contributed by atoms with Crippen molar-refractivity contribution < 1.29 is 13.6 Å². The van der Waals surface area contributed by atoms with E-state index in [1.54, 1.807) is 36.0 Å². The Hall–Kier alpha value is -2.66. The average molecular weight is 369 g/mol. The summed E-state index contributed by atoms with van der Waals surface area (Å²) in [6.45, 7) is 1.46. The highest BCUT2D eigenvalue weighted by atomic mass is 32.2. The lowest BCUT2D eigenvalue weighted by Gasteiger charge is -2.18. The maximum Gasteiger partial charge on any atom is 0.221 e.